The monoisotopic (exact) mass is 342 g/mol. The number of hydrogen-bond acceptors (Lipinski definition) is 4. The molecule has 3 rings (SSSR count). The lowest BCUT2D eigenvalue weighted by molar-refractivity contribution is 0.0919. The van der Waals surface area contributed by atoms with Gasteiger partial charge in [0.25, 0.3) is 5.24 Å². The van der Waals surface area contributed by atoms with E-state index in [4.69, 9.17) is 11.6 Å². The molecule has 2 aromatic rings. The van der Waals surface area contributed by atoms with Gasteiger partial charge in [-0.2, -0.15) is 0 Å². The van der Waals surface area contributed by atoms with Crippen LogP contribution in [0.1, 0.15) is 32.0 Å². The fourth-order valence-electron chi connectivity index (χ4n) is 2.57. The molecule has 24 heavy (non-hydrogen) atoms. The van der Waals surface area contributed by atoms with Crippen LogP contribution < -0.4 is 0 Å². The molecule has 6 heteroatoms. The minimum Gasteiger partial charge on any atom is -0.291 e. The Labute approximate surface area is 142 Å². The number of benzene rings is 1. The summed E-state index contributed by atoms with van der Waals surface area (Å²) in [5.41, 5.74) is 0.0625. The van der Waals surface area contributed by atoms with Crippen molar-refractivity contribution < 1.29 is 14.0 Å². The number of aryl methyl sites for hydroxylation is 1. The predicted molar refractivity (Wildman–Crippen MR) is 89.2 cm³/mol. The van der Waals surface area contributed by atoms with Crippen LogP contribution in [0.5, 0.6) is 0 Å². The molecule has 0 saturated heterocycles. The Morgan fingerprint density at radius 1 is 1.21 bits per heavy atom. The van der Waals surface area contributed by atoms with Crippen LogP contribution >= 0.6 is 11.6 Å². The normalized spacial score (nSPS) is 18.8. The van der Waals surface area contributed by atoms with E-state index in [1.165, 1.54) is 36.7 Å². The van der Waals surface area contributed by atoms with Gasteiger partial charge in [0.05, 0.1) is 11.3 Å². The Morgan fingerprint density at radius 2 is 2.00 bits per heavy atom. The third-order valence-corrected chi connectivity index (χ3v) is 4.09. The summed E-state index contributed by atoms with van der Waals surface area (Å²) < 4.78 is 13.6. The third kappa shape index (κ3) is 2.67. The molecule has 120 valence electrons. The molecule has 0 aliphatic carbocycles. The molecular formula is C18H12ClFN2O2. The fourth-order valence-corrected chi connectivity index (χ4v) is 2.68. The number of Topliss-reactive ketones (excluding diaryl/α,β-unsaturated/α-hetero) is 1. The number of aliphatic imine (C=N–C) groups is 1. The Morgan fingerprint density at radius 3 is 2.58 bits per heavy atom. The van der Waals surface area contributed by atoms with Crippen LogP contribution in [-0.2, 0) is 5.54 Å². The zero-order valence-electron chi connectivity index (χ0n) is 12.7. The molecular weight excluding hydrogens is 331 g/mol. The van der Waals surface area contributed by atoms with Gasteiger partial charge in [0.1, 0.15) is 5.82 Å². The first-order valence-electron chi connectivity index (χ1n) is 7.14. The Bertz CT molecular complexity index is 876. The number of aromatic nitrogens is 1. The van der Waals surface area contributed by atoms with Crippen molar-refractivity contribution in [1.29, 1.82) is 0 Å². The third-order valence-electron chi connectivity index (χ3n) is 3.87. The highest BCUT2D eigenvalue weighted by atomic mass is 35.5. The van der Waals surface area contributed by atoms with Gasteiger partial charge in [-0.15, -0.1) is 0 Å². The Balaban J connectivity index is 2.11. The van der Waals surface area contributed by atoms with E-state index in [0.29, 0.717) is 11.3 Å². The molecule has 4 nitrogen and oxygen atoms in total. The van der Waals surface area contributed by atoms with E-state index >= 15 is 0 Å². The number of nitrogens with zero attached hydrogens (tertiary/aromatic N) is 2. The van der Waals surface area contributed by atoms with Crippen molar-refractivity contribution >= 4 is 28.8 Å². The summed E-state index contributed by atoms with van der Waals surface area (Å²) >= 11 is 5.42. The smallest absolute Gasteiger partial charge is 0.253 e. The van der Waals surface area contributed by atoms with E-state index in [0.717, 1.165) is 0 Å². The SMILES string of the molecule is Cc1ccc(F)cc1C(=O)C1(c2ccc(C(=O)Cl)cn2)C=CC=N1. The zero-order valence-corrected chi connectivity index (χ0v) is 13.4. The number of pyridine rings is 1. The predicted octanol–water partition coefficient (Wildman–Crippen LogP) is 3.63. The van der Waals surface area contributed by atoms with Gasteiger partial charge in [0.2, 0.25) is 5.78 Å². The van der Waals surface area contributed by atoms with E-state index in [1.54, 1.807) is 25.1 Å². The standard InChI is InChI=1S/C18H12ClFN2O2/c1-11-3-5-13(20)9-14(11)16(23)18(7-2-8-22-18)15-6-4-12(10-21-15)17(19)24/h2-10H,1H3. The second-order valence-corrected chi connectivity index (χ2v) is 5.74. The summed E-state index contributed by atoms with van der Waals surface area (Å²) in [5.74, 6) is -0.886. The van der Waals surface area contributed by atoms with E-state index < -0.39 is 16.6 Å². The van der Waals surface area contributed by atoms with Crippen molar-refractivity contribution in [2.24, 2.45) is 4.99 Å². The van der Waals surface area contributed by atoms with Gasteiger partial charge in [-0.05, 0) is 60.5 Å². The van der Waals surface area contributed by atoms with E-state index in [1.807, 2.05) is 0 Å². The highest BCUT2D eigenvalue weighted by Crippen LogP contribution is 2.34. The molecule has 1 aromatic heterocycles. The first kappa shape index (κ1) is 16.2. The molecule has 0 bridgehead atoms. The molecule has 2 heterocycles. The number of rotatable bonds is 4. The van der Waals surface area contributed by atoms with Crippen LogP contribution in [0.2, 0.25) is 0 Å². The molecule has 0 N–H and O–H groups in total. The molecule has 0 amide bonds. The van der Waals surface area contributed by atoms with Gasteiger partial charge in [-0.1, -0.05) is 6.07 Å². The maximum absolute atomic E-state index is 13.6. The molecule has 1 aliphatic rings. The minimum absolute atomic E-state index is 0.218. The summed E-state index contributed by atoms with van der Waals surface area (Å²) in [4.78, 5) is 32.7. The van der Waals surface area contributed by atoms with E-state index in [9.17, 15) is 14.0 Å². The summed E-state index contributed by atoms with van der Waals surface area (Å²) in [6.45, 7) is 1.73. The van der Waals surface area contributed by atoms with E-state index in [-0.39, 0.29) is 16.9 Å². The molecule has 1 atom stereocenters. The average molecular weight is 343 g/mol. The highest BCUT2D eigenvalue weighted by molar-refractivity contribution is 6.67. The summed E-state index contributed by atoms with van der Waals surface area (Å²) in [7, 11) is 0. The van der Waals surface area contributed by atoms with Gasteiger partial charge in [0, 0.05) is 18.0 Å². The molecule has 0 spiro atoms. The highest BCUT2D eigenvalue weighted by Gasteiger charge is 2.41. The average Bonchev–Trinajstić information content (AvgIpc) is 3.07. The fraction of sp³-hybridized carbons (Fsp3) is 0.111. The number of hydrogen-bond donors (Lipinski definition) is 0. The molecule has 1 aliphatic heterocycles. The molecule has 0 saturated carbocycles. The lowest BCUT2D eigenvalue weighted by Crippen LogP contribution is -2.32. The summed E-state index contributed by atoms with van der Waals surface area (Å²) in [6.07, 6.45) is 6.02. The molecule has 1 aromatic carbocycles. The van der Waals surface area contributed by atoms with Crippen molar-refractivity contribution in [2.75, 3.05) is 0 Å². The number of ketones is 1. The first-order chi connectivity index (χ1) is 11.4. The minimum atomic E-state index is -1.37. The van der Waals surface area contributed by atoms with Crippen LogP contribution in [0.3, 0.4) is 0 Å². The van der Waals surface area contributed by atoms with Crippen LogP contribution in [0.4, 0.5) is 4.39 Å². The zero-order chi connectivity index (χ0) is 17.3. The first-order valence-corrected chi connectivity index (χ1v) is 7.52. The van der Waals surface area contributed by atoms with Crippen molar-refractivity contribution in [3.05, 3.63) is 76.9 Å². The van der Waals surface area contributed by atoms with Crippen molar-refractivity contribution in [3.8, 4) is 0 Å². The second kappa shape index (κ2) is 6.09. The summed E-state index contributed by atoms with van der Waals surface area (Å²) in [5, 5.41) is -0.638. The lowest BCUT2D eigenvalue weighted by atomic mass is 9.85. The number of halogens is 2. The summed E-state index contributed by atoms with van der Waals surface area (Å²) in [6, 6.07) is 7.03. The van der Waals surface area contributed by atoms with Crippen molar-refractivity contribution in [2.45, 2.75) is 12.5 Å². The largest absolute Gasteiger partial charge is 0.291 e. The number of carbonyl (C=O) groups excluding carboxylic acids is 2. The quantitative estimate of drug-likeness (QED) is 0.629. The Hall–Kier alpha value is -2.66. The van der Waals surface area contributed by atoms with Crippen molar-refractivity contribution in [1.82, 2.24) is 4.98 Å². The van der Waals surface area contributed by atoms with Crippen molar-refractivity contribution in [3.63, 3.8) is 0 Å². The van der Waals surface area contributed by atoms with Crippen LogP contribution in [0, 0.1) is 12.7 Å². The van der Waals surface area contributed by atoms with E-state index in [2.05, 4.69) is 9.98 Å². The van der Waals surface area contributed by atoms with Crippen LogP contribution in [0.15, 0.2) is 53.7 Å². The van der Waals surface area contributed by atoms with Gasteiger partial charge in [-0.25, -0.2) is 4.39 Å². The molecule has 1 unspecified atom stereocenters. The topological polar surface area (TPSA) is 59.4 Å². The molecule has 0 fully saturated rings. The van der Waals surface area contributed by atoms with Gasteiger partial charge in [0.15, 0.2) is 5.54 Å². The lowest BCUT2D eigenvalue weighted by Gasteiger charge is -2.23. The van der Waals surface area contributed by atoms with Gasteiger partial charge < -0.3 is 0 Å². The Kier molecular flexibility index (Phi) is 4.11. The maximum Gasteiger partial charge on any atom is 0.253 e. The van der Waals surface area contributed by atoms with Gasteiger partial charge in [-0.3, -0.25) is 19.6 Å². The molecule has 0 radical (unpaired) electrons. The number of carbonyl (C=O) groups is 2. The van der Waals surface area contributed by atoms with Crippen LogP contribution in [-0.4, -0.2) is 22.2 Å². The van der Waals surface area contributed by atoms with Gasteiger partial charge >= 0.3 is 0 Å². The second-order valence-electron chi connectivity index (χ2n) is 5.40. The number of allylic oxidation sites excluding steroid dienone is 1. The maximum atomic E-state index is 13.6. The van der Waals surface area contributed by atoms with Crippen LogP contribution in [0.25, 0.3) is 0 Å².